The van der Waals surface area contributed by atoms with E-state index in [1.54, 1.807) is 0 Å². The van der Waals surface area contributed by atoms with Crippen LogP contribution in [-0.2, 0) is 6.42 Å². The molecule has 0 radical (unpaired) electrons. The maximum absolute atomic E-state index is 10.8. The minimum atomic E-state index is -1.02. The maximum Gasteiger partial charge on any atom is 0.337 e. The molecular formula is C9H12N2O3. The predicted octanol–water partition coefficient (Wildman–Crippen LogP) is 0.933. The molecule has 0 fully saturated rings. The highest BCUT2D eigenvalue weighted by molar-refractivity contribution is 5.90. The predicted molar refractivity (Wildman–Crippen MR) is 51.5 cm³/mol. The number of rotatable bonds is 3. The molecule has 1 aromatic heterocycles. The molecule has 0 saturated carbocycles. The fourth-order valence-corrected chi connectivity index (χ4v) is 1.17. The summed E-state index contributed by atoms with van der Waals surface area (Å²) in [6.07, 6.45) is 0.526. The molecule has 3 N–H and O–H groups in total. The van der Waals surface area contributed by atoms with Crippen LogP contribution in [0.2, 0.25) is 0 Å². The van der Waals surface area contributed by atoms with Crippen molar-refractivity contribution in [2.24, 2.45) is 0 Å². The van der Waals surface area contributed by atoms with Gasteiger partial charge in [0, 0.05) is 0 Å². The van der Waals surface area contributed by atoms with Crippen molar-refractivity contribution in [1.29, 1.82) is 0 Å². The first kappa shape index (κ1) is 10.3. The minimum Gasteiger partial charge on any atom is -0.480 e. The Kier molecular flexibility index (Phi) is 2.91. The van der Waals surface area contributed by atoms with Crippen LogP contribution in [0.4, 0.5) is 5.69 Å². The Labute approximate surface area is 81.5 Å². The van der Waals surface area contributed by atoms with Crippen molar-refractivity contribution in [3.63, 3.8) is 0 Å². The van der Waals surface area contributed by atoms with Gasteiger partial charge in [-0.3, -0.25) is 0 Å². The first-order valence-corrected chi connectivity index (χ1v) is 4.16. The monoisotopic (exact) mass is 196 g/mol. The summed E-state index contributed by atoms with van der Waals surface area (Å²) in [5.74, 6) is -0.754. The fourth-order valence-electron chi connectivity index (χ4n) is 1.17. The maximum atomic E-state index is 10.8. The number of hydrogen-bond acceptors (Lipinski definition) is 4. The van der Waals surface area contributed by atoms with Gasteiger partial charge in [-0.2, -0.15) is 0 Å². The highest BCUT2D eigenvalue weighted by Gasteiger charge is 2.14. The van der Waals surface area contributed by atoms with Crippen molar-refractivity contribution in [1.82, 2.24) is 4.98 Å². The van der Waals surface area contributed by atoms with E-state index < -0.39 is 5.97 Å². The van der Waals surface area contributed by atoms with Gasteiger partial charge in [0.25, 0.3) is 0 Å². The van der Waals surface area contributed by atoms with Crippen molar-refractivity contribution in [3.05, 3.63) is 17.3 Å². The molecule has 5 nitrogen and oxygen atoms in total. The number of carboxylic acid groups (broad SMARTS) is 1. The Morgan fingerprint density at radius 2 is 2.36 bits per heavy atom. The van der Waals surface area contributed by atoms with E-state index in [0.29, 0.717) is 12.1 Å². The summed E-state index contributed by atoms with van der Waals surface area (Å²) in [6.45, 7) is 1.82. The van der Waals surface area contributed by atoms with E-state index in [2.05, 4.69) is 4.98 Å². The van der Waals surface area contributed by atoms with Gasteiger partial charge in [0.2, 0.25) is 5.88 Å². The van der Waals surface area contributed by atoms with Crippen LogP contribution in [0.1, 0.15) is 23.0 Å². The summed E-state index contributed by atoms with van der Waals surface area (Å²) in [6, 6.07) is 1.37. The van der Waals surface area contributed by atoms with Gasteiger partial charge in [-0.1, -0.05) is 6.92 Å². The van der Waals surface area contributed by atoms with Crippen LogP contribution < -0.4 is 10.5 Å². The van der Waals surface area contributed by atoms with E-state index in [1.165, 1.54) is 13.2 Å². The number of aromatic carboxylic acids is 1. The molecule has 0 bridgehead atoms. The lowest BCUT2D eigenvalue weighted by molar-refractivity contribution is 0.0695. The standard InChI is InChI=1S/C9H12N2O3/c1-3-7-5(9(12)13)4-6(10)8(11-7)14-2/h4H,3,10H2,1-2H3,(H,12,13). The number of aryl methyl sites for hydroxylation is 1. The van der Waals surface area contributed by atoms with Crippen LogP contribution in [0.5, 0.6) is 5.88 Å². The van der Waals surface area contributed by atoms with Crippen molar-refractivity contribution in [2.75, 3.05) is 12.8 Å². The van der Waals surface area contributed by atoms with Gasteiger partial charge in [0.05, 0.1) is 24.1 Å². The minimum absolute atomic E-state index is 0.130. The van der Waals surface area contributed by atoms with E-state index in [4.69, 9.17) is 15.6 Å². The first-order valence-electron chi connectivity index (χ1n) is 4.16. The normalized spacial score (nSPS) is 9.86. The van der Waals surface area contributed by atoms with Gasteiger partial charge in [0.1, 0.15) is 0 Å². The highest BCUT2D eigenvalue weighted by Crippen LogP contribution is 2.22. The molecule has 0 aliphatic carbocycles. The number of aromatic nitrogens is 1. The number of methoxy groups -OCH3 is 1. The summed E-state index contributed by atoms with van der Waals surface area (Å²) < 4.78 is 4.89. The molecule has 1 heterocycles. The molecule has 1 aromatic rings. The van der Waals surface area contributed by atoms with Gasteiger partial charge in [0.15, 0.2) is 0 Å². The number of nitrogens with two attached hydrogens (primary N) is 1. The average Bonchev–Trinajstić information content (AvgIpc) is 2.17. The zero-order chi connectivity index (χ0) is 10.7. The van der Waals surface area contributed by atoms with Gasteiger partial charge in [-0.15, -0.1) is 0 Å². The molecule has 1 rings (SSSR count). The number of nitrogens with zero attached hydrogens (tertiary/aromatic N) is 1. The topological polar surface area (TPSA) is 85.4 Å². The van der Waals surface area contributed by atoms with E-state index >= 15 is 0 Å². The van der Waals surface area contributed by atoms with Crippen molar-refractivity contribution < 1.29 is 14.6 Å². The largest absolute Gasteiger partial charge is 0.480 e. The fraction of sp³-hybridized carbons (Fsp3) is 0.333. The average molecular weight is 196 g/mol. The van der Waals surface area contributed by atoms with E-state index in [9.17, 15) is 4.79 Å². The molecule has 0 atom stereocenters. The molecule has 0 aliphatic rings. The second-order valence-corrected chi connectivity index (χ2v) is 2.74. The molecule has 14 heavy (non-hydrogen) atoms. The van der Waals surface area contributed by atoms with Gasteiger partial charge in [-0.25, -0.2) is 9.78 Å². The third-order valence-electron chi connectivity index (χ3n) is 1.85. The van der Waals surface area contributed by atoms with Crippen molar-refractivity contribution in [2.45, 2.75) is 13.3 Å². The molecule has 0 aromatic carbocycles. The van der Waals surface area contributed by atoms with Crippen LogP contribution in [0, 0.1) is 0 Å². The second kappa shape index (κ2) is 3.95. The lowest BCUT2D eigenvalue weighted by Gasteiger charge is -2.08. The second-order valence-electron chi connectivity index (χ2n) is 2.74. The highest BCUT2D eigenvalue weighted by atomic mass is 16.5. The number of carboxylic acids is 1. The smallest absolute Gasteiger partial charge is 0.337 e. The molecular weight excluding hydrogens is 184 g/mol. The molecule has 76 valence electrons. The summed E-state index contributed by atoms with van der Waals surface area (Å²) >= 11 is 0. The van der Waals surface area contributed by atoms with Gasteiger partial charge in [-0.05, 0) is 12.5 Å². The van der Waals surface area contributed by atoms with Gasteiger partial charge < -0.3 is 15.6 Å². The molecule has 0 aliphatic heterocycles. The summed E-state index contributed by atoms with van der Waals surface area (Å²) in [4.78, 5) is 14.8. The third kappa shape index (κ3) is 1.76. The van der Waals surface area contributed by atoms with Gasteiger partial charge >= 0.3 is 5.97 Å². The Morgan fingerprint density at radius 1 is 1.71 bits per heavy atom. The van der Waals surface area contributed by atoms with Crippen LogP contribution in [-0.4, -0.2) is 23.2 Å². The molecule has 0 amide bonds. The Balaban J connectivity index is 3.31. The number of pyridine rings is 1. The zero-order valence-electron chi connectivity index (χ0n) is 8.07. The molecule has 0 saturated heterocycles. The Hall–Kier alpha value is -1.78. The number of ether oxygens (including phenoxy) is 1. The Bertz CT molecular complexity index is 363. The van der Waals surface area contributed by atoms with Crippen LogP contribution in [0.3, 0.4) is 0 Å². The van der Waals surface area contributed by atoms with Crippen LogP contribution >= 0.6 is 0 Å². The van der Waals surface area contributed by atoms with Crippen LogP contribution in [0.25, 0.3) is 0 Å². The van der Waals surface area contributed by atoms with E-state index in [0.717, 1.165) is 0 Å². The van der Waals surface area contributed by atoms with Crippen molar-refractivity contribution >= 4 is 11.7 Å². The van der Waals surface area contributed by atoms with E-state index in [1.807, 2.05) is 6.92 Å². The summed E-state index contributed by atoms with van der Waals surface area (Å²) in [5.41, 5.74) is 6.39. The number of anilines is 1. The number of nitrogen functional groups attached to an aromatic ring is 1. The summed E-state index contributed by atoms with van der Waals surface area (Å²) in [7, 11) is 1.44. The lowest BCUT2D eigenvalue weighted by Crippen LogP contribution is -2.07. The van der Waals surface area contributed by atoms with E-state index in [-0.39, 0.29) is 17.1 Å². The SMILES string of the molecule is CCc1nc(OC)c(N)cc1C(=O)O. The number of carbonyl (C=O) groups is 1. The molecule has 5 heteroatoms. The molecule has 0 unspecified atom stereocenters. The zero-order valence-corrected chi connectivity index (χ0v) is 8.07. The first-order chi connectivity index (χ1) is 6.60. The van der Waals surface area contributed by atoms with Crippen LogP contribution in [0.15, 0.2) is 6.07 Å². The quantitative estimate of drug-likeness (QED) is 0.751. The number of hydrogen-bond donors (Lipinski definition) is 2. The molecule has 0 spiro atoms. The van der Waals surface area contributed by atoms with Crippen molar-refractivity contribution in [3.8, 4) is 5.88 Å². The Morgan fingerprint density at radius 3 is 2.79 bits per heavy atom. The lowest BCUT2D eigenvalue weighted by atomic mass is 10.1. The summed E-state index contributed by atoms with van der Waals surface area (Å²) in [5, 5.41) is 8.85. The third-order valence-corrected chi connectivity index (χ3v) is 1.85.